The Bertz CT molecular complexity index is 1070. The quantitative estimate of drug-likeness (QED) is 0.757. The van der Waals surface area contributed by atoms with Gasteiger partial charge in [-0.05, 0) is 35.7 Å². The molecule has 0 spiro atoms. The minimum atomic E-state index is -3.28. The number of amides is 1. The lowest BCUT2D eigenvalue weighted by Crippen LogP contribution is -2.27. The minimum absolute atomic E-state index is 0.170. The van der Waals surface area contributed by atoms with Gasteiger partial charge in [-0.15, -0.1) is 11.3 Å². The Hall–Kier alpha value is -2.52. The highest BCUT2D eigenvalue weighted by Crippen LogP contribution is 2.15. The van der Waals surface area contributed by atoms with E-state index in [1.165, 1.54) is 46.5 Å². The summed E-state index contributed by atoms with van der Waals surface area (Å²) in [6.45, 7) is -0.175. The number of nitrogens with zero attached hydrogens (tertiary/aromatic N) is 2. The van der Waals surface area contributed by atoms with Gasteiger partial charge in [0.25, 0.3) is 5.56 Å². The van der Waals surface area contributed by atoms with E-state index in [0.717, 1.165) is 6.26 Å². The fourth-order valence-electron chi connectivity index (χ4n) is 2.15. The maximum Gasteiger partial charge on any atom is 0.262 e. The molecule has 0 saturated heterocycles. The number of carbonyl (C=O) groups excluding carboxylic acids is 1. The molecule has 9 heteroatoms. The number of aromatic nitrogens is 2. The summed E-state index contributed by atoms with van der Waals surface area (Å²) >= 11 is 1.36. The molecule has 0 bridgehead atoms. The van der Waals surface area contributed by atoms with Crippen molar-refractivity contribution in [1.82, 2.24) is 9.55 Å². The SMILES string of the molecule is CS(=O)(=O)c1ccc(NC(=O)Cn2cnc3sccc3c2=O)cc1. The van der Waals surface area contributed by atoms with Crippen LogP contribution in [0, 0.1) is 0 Å². The van der Waals surface area contributed by atoms with Gasteiger partial charge in [-0.3, -0.25) is 14.2 Å². The summed E-state index contributed by atoms with van der Waals surface area (Å²) in [7, 11) is -3.28. The van der Waals surface area contributed by atoms with E-state index in [2.05, 4.69) is 10.3 Å². The molecule has 0 fully saturated rings. The molecule has 0 unspecified atom stereocenters. The standard InChI is InChI=1S/C15H13N3O4S2/c1-24(21,22)11-4-2-10(3-5-11)17-13(19)8-18-9-16-14-12(15(18)20)6-7-23-14/h2-7,9H,8H2,1H3,(H,17,19). The summed E-state index contributed by atoms with van der Waals surface area (Å²) in [6.07, 6.45) is 2.45. The predicted octanol–water partition coefficient (Wildman–Crippen LogP) is 1.50. The molecule has 1 amide bonds. The minimum Gasteiger partial charge on any atom is -0.325 e. The van der Waals surface area contributed by atoms with Gasteiger partial charge in [0.15, 0.2) is 9.84 Å². The van der Waals surface area contributed by atoms with Crippen molar-refractivity contribution in [3.8, 4) is 0 Å². The highest BCUT2D eigenvalue weighted by molar-refractivity contribution is 7.90. The van der Waals surface area contributed by atoms with Gasteiger partial charge in [-0.2, -0.15) is 0 Å². The Balaban J connectivity index is 1.75. The molecular weight excluding hydrogens is 350 g/mol. The number of carbonyl (C=O) groups is 1. The first kappa shape index (κ1) is 16.3. The lowest BCUT2D eigenvalue weighted by Gasteiger charge is -2.07. The van der Waals surface area contributed by atoms with Gasteiger partial charge in [0.05, 0.1) is 16.6 Å². The molecular formula is C15H13N3O4S2. The van der Waals surface area contributed by atoms with Gasteiger partial charge >= 0.3 is 0 Å². The second kappa shape index (κ2) is 6.17. The summed E-state index contributed by atoms with van der Waals surface area (Å²) in [5.41, 5.74) is 0.175. The van der Waals surface area contributed by atoms with Gasteiger partial charge in [0.1, 0.15) is 11.4 Å². The maximum absolute atomic E-state index is 12.2. The Labute approximate surface area is 141 Å². The van der Waals surface area contributed by atoms with Gasteiger partial charge in [0, 0.05) is 11.9 Å². The molecule has 1 N–H and O–H groups in total. The first-order valence-corrected chi connectivity index (χ1v) is 9.64. The zero-order chi connectivity index (χ0) is 17.3. The second-order valence-electron chi connectivity index (χ2n) is 5.16. The van der Waals surface area contributed by atoms with Gasteiger partial charge in [0.2, 0.25) is 5.91 Å². The molecule has 2 heterocycles. The number of fused-ring (bicyclic) bond motifs is 1. The van der Waals surface area contributed by atoms with Crippen LogP contribution >= 0.6 is 11.3 Å². The number of nitrogens with one attached hydrogen (secondary N) is 1. The monoisotopic (exact) mass is 363 g/mol. The lowest BCUT2D eigenvalue weighted by molar-refractivity contribution is -0.116. The molecule has 0 aliphatic carbocycles. The van der Waals surface area contributed by atoms with E-state index in [1.54, 1.807) is 11.4 Å². The summed E-state index contributed by atoms with van der Waals surface area (Å²) < 4.78 is 24.0. The van der Waals surface area contributed by atoms with Crippen molar-refractivity contribution in [2.24, 2.45) is 0 Å². The molecule has 0 atom stereocenters. The van der Waals surface area contributed by atoms with E-state index in [-0.39, 0.29) is 17.0 Å². The summed E-state index contributed by atoms with van der Waals surface area (Å²) in [4.78, 5) is 29.2. The molecule has 0 radical (unpaired) electrons. The molecule has 0 saturated carbocycles. The van der Waals surface area contributed by atoms with Crippen molar-refractivity contribution < 1.29 is 13.2 Å². The molecule has 1 aromatic carbocycles. The largest absolute Gasteiger partial charge is 0.325 e. The Morgan fingerprint density at radius 2 is 1.96 bits per heavy atom. The molecule has 0 aliphatic heterocycles. The molecule has 0 aliphatic rings. The van der Waals surface area contributed by atoms with Crippen LogP contribution in [-0.2, 0) is 21.2 Å². The van der Waals surface area contributed by atoms with Gasteiger partial charge < -0.3 is 5.32 Å². The number of thiophene rings is 1. The van der Waals surface area contributed by atoms with Crippen LogP contribution in [0.4, 0.5) is 5.69 Å². The number of benzene rings is 1. The first-order valence-electron chi connectivity index (χ1n) is 6.87. The smallest absolute Gasteiger partial charge is 0.262 e. The topological polar surface area (TPSA) is 98.1 Å². The molecule has 24 heavy (non-hydrogen) atoms. The highest BCUT2D eigenvalue weighted by atomic mass is 32.2. The van der Waals surface area contributed by atoms with E-state index < -0.39 is 15.7 Å². The first-order chi connectivity index (χ1) is 11.3. The summed E-state index contributed by atoms with van der Waals surface area (Å²) in [6, 6.07) is 7.49. The van der Waals surface area contributed by atoms with Crippen LogP contribution in [0.5, 0.6) is 0 Å². The van der Waals surface area contributed by atoms with Crippen LogP contribution < -0.4 is 10.9 Å². The molecule has 124 valence electrons. The average molecular weight is 363 g/mol. The van der Waals surface area contributed by atoms with Crippen molar-refractivity contribution >= 4 is 43.0 Å². The highest BCUT2D eigenvalue weighted by Gasteiger charge is 2.10. The van der Waals surface area contributed by atoms with Crippen LogP contribution in [0.15, 0.2) is 51.7 Å². The van der Waals surface area contributed by atoms with Crippen LogP contribution in [0.1, 0.15) is 0 Å². The zero-order valence-corrected chi connectivity index (χ0v) is 14.2. The Morgan fingerprint density at radius 1 is 1.25 bits per heavy atom. The van der Waals surface area contributed by atoms with E-state index in [4.69, 9.17) is 0 Å². The molecule has 3 rings (SSSR count). The fraction of sp³-hybridized carbons (Fsp3) is 0.133. The molecule has 3 aromatic rings. The third-order valence-electron chi connectivity index (χ3n) is 3.33. The van der Waals surface area contributed by atoms with Crippen LogP contribution in [0.2, 0.25) is 0 Å². The number of hydrogen-bond acceptors (Lipinski definition) is 6. The zero-order valence-electron chi connectivity index (χ0n) is 12.6. The van der Waals surface area contributed by atoms with E-state index >= 15 is 0 Å². The molecule has 2 aromatic heterocycles. The average Bonchev–Trinajstić information content (AvgIpc) is 2.99. The van der Waals surface area contributed by atoms with Crippen LogP contribution in [-0.4, -0.2) is 30.1 Å². The normalized spacial score (nSPS) is 11.5. The number of anilines is 1. The van der Waals surface area contributed by atoms with Crippen molar-refractivity contribution in [2.45, 2.75) is 11.4 Å². The van der Waals surface area contributed by atoms with Crippen molar-refractivity contribution in [3.63, 3.8) is 0 Å². The van der Waals surface area contributed by atoms with Crippen molar-refractivity contribution in [2.75, 3.05) is 11.6 Å². The number of hydrogen-bond donors (Lipinski definition) is 1. The van der Waals surface area contributed by atoms with Crippen LogP contribution in [0.25, 0.3) is 10.2 Å². The van der Waals surface area contributed by atoms with Crippen molar-refractivity contribution in [1.29, 1.82) is 0 Å². The second-order valence-corrected chi connectivity index (χ2v) is 8.07. The van der Waals surface area contributed by atoms with E-state index in [0.29, 0.717) is 15.9 Å². The van der Waals surface area contributed by atoms with Crippen LogP contribution in [0.3, 0.4) is 0 Å². The maximum atomic E-state index is 12.2. The Morgan fingerprint density at radius 3 is 2.62 bits per heavy atom. The van der Waals surface area contributed by atoms with E-state index in [1.807, 2.05) is 0 Å². The predicted molar refractivity (Wildman–Crippen MR) is 92.1 cm³/mol. The third kappa shape index (κ3) is 3.36. The van der Waals surface area contributed by atoms with Gasteiger partial charge in [-0.1, -0.05) is 0 Å². The lowest BCUT2D eigenvalue weighted by atomic mass is 10.3. The van der Waals surface area contributed by atoms with E-state index in [9.17, 15) is 18.0 Å². The van der Waals surface area contributed by atoms with Gasteiger partial charge in [-0.25, -0.2) is 13.4 Å². The third-order valence-corrected chi connectivity index (χ3v) is 5.28. The summed E-state index contributed by atoms with van der Waals surface area (Å²) in [5.74, 6) is -0.402. The molecule has 7 nitrogen and oxygen atoms in total. The number of rotatable bonds is 4. The fourth-order valence-corrected chi connectivity index (χ4v) is 3.50. The number of sulfone groups is 1. The Kier molecular flexibility index (Phi) is 4.20. The van der Waals surface area contributed by atoms with Crippen molar-refractivity contribution in [3.05, 3.63) is 52.4 Å². The summed E-state index contributed by atoms with van der Waals surface area (Å²) in [5, 5.41) is 4.87.